The highest BCUT2D eigenvalue weighted by Crippen LogP contribution is 2.30. The molecule has 0 amide bonds. The Morgan fingerprint density at radius 2 is 1.62 bits per heavy atom. The molecule has 2 nitrogen and oxygen atoms in total. The molecule has 1 heterocycles. The van der Waals surface area contributed by atoms with Crippen LogP contribution in [0.4, 0.5) is 8.78 Å². The van der Waals surface area contributed by atoms with E-state index in [1.54, 1.807) is 0 Å². The minimum absolute atomic E-state index is 0.0162. The molecular formula is C12H21F2NO. The molecule has 0 aromatic carbocycles. The lowest BCUT2D eigenvalue weighted by Crippen LogP contribution is -2.42. The molecule has 0 spiro atoms. The van der Waals surface area contributed by atoms with Crippen LogP contribution in [0.2, 0.25) is 0 Å². The highest BCUT2D eigenvalue weighted by molar-refractivity contribution is 4.80. The van der Waals surface area contributed by atoms with Gasteiger partial charge in [0.05, 0.1) is 6.10 Å². The lowest BCUT2D eigenvalue weighted by molar-refractivity contribution is -0.0587. The molecular weight excluding hydrogens is 212 g/mol. The van der Waals surface area contributed by atoms with Gasteiger partial charge in [0.1, 0.15) is 0 Å². The Kier molecular flexibility index (Phi) is 3.80. The van der Waals surface area contributed by atoms with Gasteiger partial charge in [0, 0.05) is 32.5 Å². The Bertz CT molecular complexity index is 217. The molecule has 16 heavy (non-hydrogen) atoms. The molecule has 2 fully saturated rings. The topological polar surface area (TPSA) is 23.5 Å². The summed E-state index contributed by atoms with van der Waals surface area (Å²) >= 11 is 0. The van der Waals surface area contributed by atoms with Crippen molar-refractivity contribution in [1.29, 1.82) is 0 Å². The summed E-state index contributed by atoms with van der Waals surface area (Å²) in [4.78, 5) is 2.17. The third-order valence-corrected chi connectivity index (χ3v) is 3.92. The van der Waals surface area contributed by atoms with E-state index < -0.39 is 5.92 Å². The average molecular weight is 233 g/mol. The fraction of sp³-hybridized carbons (Fsp3) is 1.00. The number of hydrogen-bond acceptors (Lipinski definition) is 2. The van der Waals surface area contributed by atoms with Gasteiger partial charge in [0.2, 0.25) is 0 Å². The van der Waals surface area contributed by atoms with E-state index in [-0.39, 0.29) is 18.9 Å². The Labute approximate surface area is 95.6 Å². The standard InChI is InChI=1S/C12H21F2NO/c13-12(14)5-7-15(8-6-12)9-10-1-3-11(16)4-2-10/h10-11,16H,1-9H2. The minimum Gasteiger partial charge on any atom is -0.393 e. The van der Waals surface area contributed by atoms with Crippen LogP contribution < -0.4 is 0 Å². The number of likely N-dealkylation sites (tertiary alicyclic amines) is 1. The third kappa shape index (κ3) is 3.39. The first-order chi connectivity index (χ1) is 7.55. The smallest absolute Gasteiger partial charge is 0.250 e. The van der Waals surface area contributed by atoms with Gasteiger partial charge in [-0.1, -0.05) is 0 Å². The molecule has 0 radical (unpaired) electrons. The summed E-state index contributed by atoms with van der Waals surface area (Å²) < 4.78 is 25.9. The van der Waals surface area contributed by atoms with E-state index in [1.165, 1.54) is 0 Å². The molecule has 2 aliphatic rings. The summed E-state index contributed by atoms with van der Waals surface area (Å²) in [6.45, 7) is 2.01. The van der Waals surface area contributed by atoms with Crippen molar-refractivity contribution in [3.63, 3.8) is 0 Å². The van der Waals surface area contributed by atoms with Gasteiger partial charge in [-0.05, 0) is 31.6 Å². The molecule has 2 rings (SSSR count). The monoisotopic (exact) mass is 233 g/mol. The Morgan fingerprint density at radius 1 is 1.06 bits per heavy atom. The fourth-order valence-electron chi connectivity index (χ4n) is 2.76. The number of aliphatic hydroxyl groups is 1. The van der Waals surface area contributed by atoms with Gasteiger partial charge in [-0.25, -0.2) is 8.78 Å². The summed E-state index contributed by atoms with van der Waals surface area (Å²) in [5.41, 5.74) is 0. The molecule has 0 unspecified atom stereocenters. The van der Waals surface area contributed by atoms with Crippen LogP contribution >= 0.6 is 0 Å². The van der Waals surface area contributed by atoms with Crippen LogP contribution in [0.25, 0.3) is 0 Å². The van der Waals surface area contributed by atoms with Crippen LogP contribution in [0.1, 0.15) is 38.5 Å². The average Bonchev–Trinajstić information content (AvgIpc) is 2.24. The highest BCUT2D eigenvalue weighted by atomic mass is 19.3. The Morgan fingerprint density at radius 3 is 2.19 bits per heavy atom. The molecule has 94 valence electrons. The van der Waals surface area contributed by atoms with Crippen molar-refractivity contribution in [2.75, 3.05) is 19.6 Å². The molecule has 1 N–H and O–H groups in total. The lowest BCUT2D eigenvalue weighted by atomic mass is 9.87. The van der Waals surface area contributed by atoms with Crippen LogP contribution in [0.5, 0.6) is 0 Å². The second-order valence-corrected chi connectivity index (χ2v) is 5.33. The maximum Gasteiger partial charge on any atom is 0.250 e. The van der Waals surface area contributed by atoms with E-state index in [4.69, 9.17) is 0 Å². The number of alkyl halides is 2. The normalized spacial score (nSPS) is 36.2. The summed E-state index contributed by atoms with van der Waals surface area (Å²) in [6, 6.07) is 0. The van der Waals surface area contributed by atoms with Gasteiger partial charge in [-0.3, -0.25) is 0 Å². The zero-order chi connectivity index (χ0) is 11.6. The van der Waals surface area contributed by atoms with Crippen LogP contribution in [0.15, 0.2) is 0 Å². The first kappa shape index (κ1) is 12.2. The van der Waals surface area contributed by atoms with Crippen molar-refractivity contribution < 1.29 is 13.9 Å². The number of halogens is 2. The van der Waals surface area contributed by atoms with E-state index in [0.717, 1.165) is 32.2 Å². The predicted octanol–water partition coefficient (Wildman–Crippen LogP) is 2.27. The van der Waals surface area contributed by atoms with Gasteiger partial charge >= 0.3 is 0 Å². The van der Waals surface area contributed by atoms with Crippen molar-refractivity contribution >= 4 is 0 Å². The maximum atomic E-state index is 12.9. The summed E-state index contributed by atoms with van der Waals surface area (Å²) in [5.74, 6) is -1.82. The third-order valence-electron chi connectivity index (χ3n) is 3.92. The van der Waals surface area contributed by atoms with E-state index >= 15 is 0 Å². The van der Waals surface area contributed by atoms with Crippen molar-refractivity contribution in [3.05, 3.63) is 0 Å². The van der Waals surface area contributed by atoms with E-state index in [0.29, 0.717) is 19.0 Å². The number of aliphatic hydroxyl groups excluding tert-OH is 1. The van der Waals surface area contributed by atoms with Crippen molar-refractivity contribution in [1.82, 2.24) is 4.90 Å². The number of hydrogen-bond donors (Lipinski definition) is 1. The minimum atomic E-state index is -2.43. The van der Waals surface area contributed by atoms with Crippen molar-refractivity contribution in [2.24, 2.45) is 5.92 Å². The molecule has 1 saturated heterocycles. The molecule has 4 heteroatoms. The van der Waals surface area contributed by atoms with Crippen LogP contribution in [0.3, 0.4) is 0 Å². The molecule has 0 atom stereocenters. The van der Waals surface area contributed by atoms with Gasteiger partial charge in [0.25, 0.3) is 5.92 Å². The van der Waals surface area contributed by atoms with Crippen LogP contribution in [-0.2, 0) is 0 Å². The lowest BCUT2D eigenvalue weighted by Gasteiger charge is -2.35. The summed E-state index contributed by atoms with van der Waals surface area (Å²) in [6.07, 6.45) is 3.78. The first-order valence-electron chi connectivity index (χ1n) is 6.33. The molecule has 1 aliphatic carbocycles. The Balaban J connectivity index is 1.71. The molecule has 0 aromatic rings. The van der Waals surface area contributed by atoms with Crippen LogP contribution in [-0.4, -0.2) is 41.7 Å². The molecule has 0 aromatic heterocycles. The number of rotatable bonds is 2. The summed E-state index contributed by atoms with van der Waals surface area (Å²) in [5, 5.41) is 9.39. The molecule has 0 bridgehead atoms. The number of piperidine rings is 1. The predicted molar refractivity (Wildman–Crippen MR) is 58.6 cm³/mol. The molecule has 1 saturated carbocycles. The quantitative estimate of drug-likeness (QED) is 0.791. The SMILES string of the molecule is OC1CCC(CN2CCC(F)(F)CC2)CC1. The second-order valence-electron chi connectivity index (χ2n) is 5.33. The number of nitrogens with zero attached hydrogens (tertiary/aromatic N) is 1. The van der Waals surface area contributed by atoms with Gasteiger partial charge in [-0.2, -0.15) is 0 Å². The van der Waals surface area contributed by atoms with Gasteiger partial charge in [0.15, 0.2) is 0 Å². The fourth-order valence-corrected chi connectivity index (χ4v) is 2.76. The zero-order valence-corrected chi connectivity index (χ0v) is 9.67. The zero-order valence-electron chi connectivity index (χ0n) is 9.67. The Hall–Kier alpha value is -0.220. The largest absolute Gasteiger partial charge is 0.393 e. The van der Waals surface area contributed by atoms with Gasteiger partial charge < -0.3 is 10.0 Å². The maximum absolute atomic E-state index is 12.9. The first-order valence-corrected chi connectivity index (χ1v) is 6.33. The van der Waals surface area contributed by atoms with Crippen LogP contribution in [0, 0.1) is 5.92 Å². The van der Waals surface area contributed by atoms with E-state index in [1.807, 2.05) is 0 Å². The molecule has 1 aliphatic heterocycles. The highest BCUT2D eigenvalue weighted by Gasteiger charge is 2.34. The summed E-state index contributed by atoms with van der Waals surface area (Å²) in [7, 11) is 0. The van der Waals surface area contributed by atoms with Crippen molar-refractivity contribution in [2.45, 2.75) is 50.6 Å². The van der Waals surface area contributed by atoms with E-state index in [2.05, 4.69) is 4.90 Å². The second kappa shape index (κ2) is 4.96. The van der Waals surface area contributed by atoms with E-state index in [9.17, 15) is 13.9 Å². The van der Waals surface area contributed by atoms with Gasteiger partial charge in [-0.15, -0.1) is 0 Å². The van der Waals surface area contributed by atoms with Crippen molar-refractivity contribution in [3.8, 4) is 0 Å².